The molecule has 3 aromatic rings. The number of aliphatic hydroxyl groups is 1. The number of nitrogens with zero attached hydrogens (tertiary/aromatic N) is 3. The molecule has 0 radical (unpaired) electrons. The van der Waals surface area contributed by atoms with E-state index in [4.69, 9.17) is 14.5 Å². The van der Waals surface area contributed by atoms with Gasteiger partial charge < -0.3 is 24.0 Å². The Balaban J connectivity index is 1.52. The average molecular weight is 544 g/mol. The quantitative estimate of drug-likeness (QED) is 0.312. The highest BCUT2D eigenvalue weighted by atomic mass is 16.5. The number of aryl methyl sites for hydroxylation is 1. The maximum absolute atomic E-state index is 13.1. The van der Waals surface area contributed by atoms with Gasteiger partial charge >= 0.3 is 11.9 Å². The summed E-state index contributed by atoms with van der Waals surface area (Å²) in [6, 6.07) is 14.5. The van der Waals surface area contributed by atoms with Crippen molar-refractivity contribution in [2.45, 2.75) is 52.1 Å². The molecular weight excluding hydrogens is 510 g/mol. The predicted octanol–water partition coefficient (Wildman–Crippen LogP) is 4.54. The van der Waals surface area contributed by atoms with Crippen LogP contribution in [-0.4, -0.2) is 57.7 Å². The number of esters is 2. The van der Waals surface area contributed by atoms with Gasteiger partial charge in [-0.2, -0.15) is 0 Å². The number of imidazole rings is 1. The van der Waals surface area contributed by atoms with Crippen molar-refractivity contribution in [1.29, 1.82) is 0 Å². The van der Waals surface area contributed by atoms with Crippen LogP contribution in [0.15, 0.2) is 59.9 Å². The summed E-state index contributed by atoms with van der Waals surface area (Å²) < 4.78 is 12.1. The number of benzene rings is 2. The van der Waals surface area contributed by atoms with Crippen molar-refractivity contribution >= 4 is 17.8 Å². The van der Waals surface area contributed by atoms with Crippen molar-refractivity contribution in [1.82, 2.24) is 14.5 Å². The number of carbonyl (C=O) groups is 3. The van der Waals surface area contributed by atoms with Crippen LogP contribution in [0.5, 0.6) is 0 Å². The van der Waals surface area contributed by atoms with E-state index in [0.717, 1.165) is 53.2 Å². The van der Waals surface area contributed by atoms with E-state index in [1.165, 1.54) is 7.11 Å². The number of fused-ring (bicyclic) bond motifs is 3. The van der Waals surface area contributed by atoms with Gasteiger partial charge in [0.05, 0.1) is 30.7 Å². The monoisotopic (exact) mass is 543 g/mol. The molecule has 2 aliphatic rings. The van der Waals surface area contributed by atoms with Crippen LogP contribution in [0.3, 0.4) is 0 Å². The van der Waals surface area contributed by atoms with Gasteiger partial charge in [0.25, 0.3) is 5.91 Å². The normalized spacial score (nSPS) is 16.1. The molecule has 0 spiro atoms. The summed E-state index contributed by atoms with van der Waals surface area (Å²) in [6.45, 7) is 4.73. The van der Waals surface area contributed by atoms with E-state index in [-0.39, 0.29) is 17.9 Å². The largest absolute Gasteiger partial charge is 0.509 e. The highest BCUT2D eigenvalue weighted by Crippen LogP contribution is 2.42. The van der Waals surface area contributed by atoms with Crippen LogP contribution in [-0.2, 0) is 38.4 Å². The number of aromatic nitrogens is 2. The Bertz CT molecular complexity index is 1490. The molecule has 0 bridgehead atoms. The van der Waals surface area contributed by atoms with Gasteiger partial charge in [0, 0.05) is 25.9 Å². The molecule has 1 atom stereocenters. The zero-order valence-corrected chi connectivity index (χ0v) is 23.0. The summed E-state index contributed by atoms with van der Waals surface area (Å²) in [4.78, 5) is 44.4. The van der Waals surface area contributed by atoms with Crippen molar-refractivity contribution < 1.29 is 29.0 Å². The first kappa shape index (κ1) is 27.2. The van der Waals surface area contributed by atoms with E-state index < -0.39 is 23.9 Å². The molecule has 40 heavy (non-hydrogen) atoms. The van der Waals surface area contributed by atoms with Crippen molar-refractivity contribution in [3.05, 3.63) is 88.2 Å². The fourth-order valence-corrected chi connectivity index (χ4v) is 5.54. The number of hydrogen-bond acceptors (Lipinski definition) is 7. The van der Waals surface area contributed by atoms with Crippen LogP contribution < -0.4 is 0 Å². The first-order valence-corrected chi connectivity index (χ1v) is 13.7. The fourth-order valence-electron chi connectivity index (χ4n) is 5.54. The molecule has 0 aliphatic carbocycles. The van der Waals surface area contributed by atoms with E-state index in [9.17, 15) is 19.5 Å². The van der Waals surface area contributed by atoms with Crippen molar-refractivity contribution in [3.8, 4) is 11.1 Å². The minimum absolute atomic E-state index is 0.109. The molecule has 0 saturated carbocycles. The number of aliphatic hydroxyl groups excluding tert-OH is 1. The van der Waals surface area contributed by atoms with Gasteiger partial charge in [0.15, 0.2) is 5.57 Å². The van der Waals surface area contributed by atoms with Gasteiger partial charge in [-0.05, 0) is 36.1 Å². The minimum atomic E-state index is -0.805. The highest BCUT2D eigenvalue weighted by Gasteiger charge is 2.48. The van der Waals surface area contributed by atoms with Crippen molar-refractivity contribution in [2.75, 3.05) is 20.3 Å². The van der Waals surface area contributed by atoms with Gasteiger partial charge in [-0.25, -0.2) is 14.6 Å². The molecule has 2 aromatic carbocycles. The van der Waals surface area contributed by atoms with E-state index >= 15 is 0 Å². The van der Waals surface area contributed by atoms with Crippen LogP contribution >= 0.6 is 0 Å². The topological polar surface area (TPSA) is 111 Å². The second-order valence-electron chi connectivity index (χ2n) is 9.92. The first-order valence-electron chi connectivity index (χ1n) is 13.7. The van der Waals surface area contributed by atoms with Gasteiger partial charge in [0.1, 0.15) is 17.6 Å². The van der Waals surface area contributed by atoms with Crippen LogP contribution in [0.1, 0.15) is 65.9 Å². The Labute approximate surface area is 233 Å². The van der Waals surface area contributed by atoms with Gasteiger partial charge in [0.2, 0.25) is 0 Å². The Morgan fingerprint density at radius 1 is 1.07 bits per heavy atom. The lowest BCUT2D eigenvalue weighted by atomic mass is 9.98. The number of carbonyl (C=O) groups excluding carboxylic acids is 3. The van der Waals surface area contributed by atoms with Crippen molar-refractivity contribution in [2.24, 2.45) is 0 Å². The maximum Gasteiger partial charge on any atom is 0.347 e. The van der Waals surface area contributed by atoms with Gasteiger partial charge in [-0.1, -0.05) is 55.8 Å². The molecule has 2 aliphatic heterocycles. The Kier molecular flexibility index (Phi) is 7.73. The fraction of sp³-hybridized carbons (Fsp3) is 0.355. The number of rotatable bonds is 9. The third-order valence-electron chi connectivity index (χ3n) is 7.48. The van der Waals surface area contributed by atoms with E-state index in [0.29, 0.717) is 25.1 Å². The number of ether oxygens (including phenoxy) is 2. The summed E-state index contributed by atoms with van der Waals surface area (Å²) in [5.74, 6) is -1.10. The number of amides is 1. The van der Waals surface area contributed by atoms with E-state index in [2.05, 4.69) is 11.5 Å². The minimum Gasteiger partial charge on any atom is -0.509 e. The van der Waals surface area contributed by atoms with Crippen LogP contribution in [0.4, 0.5) is 0 Å². The summed E-state index contributed by atoms with van der Waals surface area (Å²) in [7, 11) is 1.37. The zero-order valence-electron chi connectivity index (χ0n) is 23.0. The SMILES string of the molecule is CCCCc1nc2c(n1Cc1ccc(-c3ccccc3C(=O)OC)cc1)C1C(O)=C(C(=O)OCC)C(=O)N1CC2. The van der Waals surface area contributed by atoms with Gasteiger partial charge in [-0.15, -0.1) is 0 Å². The lowest BCUT2D eigenvalue weighted by Crippen LogP contribution is -2.38. The third-order valence-corrected chi connectivity index (χ3v) is 7.48. The molecule has 9 heteroatoms. The number of methoxy groups -OCH3 is 1. The van der Waals surface area contributed by atoms with Gasteiger partial charge in [-0.3, -0.25) is 4.79 Å². The summed E-state index contributed by atoms with van der Waals surface area (Å²) in [6.07, 6.45) is 3.24. The van der Waals surface area contributed by atoms with Crippen LogP contribution in [0.25, 0.3) is 11.1 Å². The van der Waals surface area contributed by atoms with Crippen molar-refractivity contribution in [3.63, 3.8) is 0 Å². The summed E-state index contributed by atoms with van der Waals surface area (Å²) in [5.41, 5.74) is 4.43. The molecular formula is C31H33N3O6. The maximum atomic E-state index is 13.1. The second kappa shape index (κ2) is 11.4. The highest BCUT2D eigenvalue weighted by molar-refractivity contribution is 6.18. The van der Waals surface area contributed by atoms with E-state index in [1.807, 2.05) is 36.4 Å². The molecule has 9 nitrogen and oxygen atoms in total. The molecule has 0 fully saturated rings. The molecule has 3 heterocycles. The molecule has 1 amide bonds. The van der Waals surface area contributed by atoms with Crippen LogP contribution in [0.2, 0.25) is 0 Å². The number of hydrogen-bond donors (Lipinski definition) is 1. The second-order valence-corrected chi connectivity index (χ2v) is 9.92. The summed E-state index contributed by atoms with van der Waals surface area (Å²) >= 11 is 0. The van der Waals surface area contributed by atoms with E-state index in [1.54, 1.807) is 24.0 Å². The zero-order chi connectivity index (χ0) is 28.4. The first-order chi connectivity index (χ1) is 19.4. The van der Waals surface area contributed by atoms with Crippen LogP contribution in [0, 0.1) is 0 Å². The molecule has 1 N–H and O–H groups in total. The lowest BCUT2D eigenvalue weighted by Gasteiger charge is -2.31. The lowest BCUT2D eigenvalue weighted by molar-refractivity contribution is -0.141. The Hall–Kier alpha value is -4.40. The predicted molar refractivity (Wildman–Crippen MR) is 148 cm³/mol. The third kappa shape index (κ3) is 4.76. The Morgan fingerprint density at radius 2 is 1.82 bits per heavy atom. The molecule has 5 rings (SSSR count). The molecule has 0 saturated heterocycles. The molecule has 1 unspecified atom stereocenters. The Morgan fingerprint density at radius 3 is 2.52 bits per heavy atom. The molecule has 1 aromatic heterocycles. The standard InChI is InChI=1S/C31H33N3O6/c1-4-6-11-24-32-23-16-17-33-27(28(35)25(29(33)36)31(38)40-5-2)26(23)34(24)18-19-12-14-20(15-13-19)21-9-7-8-10-22(21)30(37)39-3/h7-10,12-15,27,35H,4-6,11,16-18H2,1-3H3. The number of unbranched alkanes of at least 4 members (excludes halogenated alkanes) is 1. The molecule has 208 valence electrons. The average Bonchev–Trinajstić information content (AvgIpc) is 3.45. The summed E-state index contributed by atoms with van der Waals surface area (Å²) in [5, 5.41) is 11.2. The smallest absolute Gasteiger partial charge is 0.347 e.